The van der Waals surface area contributed by atoms with E-state index in [9.17, 15) is 35.5 Å². The van der Waals surface area contributed by atoms with Crippen LogP contribution in [0, 0.1) is 11.7 Å². The second kappa shape index (κ2) is 11.2. The van der Waals surface area contributed by atoms with Crippen molar-refractivity contribution in [3.8, 4) is 5.75 Å². The van der Waals surface area contributed by atoms with Gasteiger partial charge in [0.1, 0.15) is 17.7 Å². The zero-order valence-corrected chi connectivity index (χ0v) is 23.3. The van der Waals surface area contributed by atoms with Crippen molar-refractivity contribution >= 4 is 11.7 Å². The predicted octanol–water partition coefficient (Wildman–Crippen LogP) is 9.15. The van der Waals surface area contributed by atoms with Crippen LogP contribution in [0.2, 0.25) is 0 Å². The first-order valence-corrected chi connectivity index (χ1v) is 13.4. The third kappa shape index (κ3) is 6.33. The number of methoxy groups -OCH3 is 1. The minimum Gasteiger partial charge on any atom is -0.496 e. The Kier molecular flexibility index (Phi) is 8.40. The minimum absolute atomic E-state index is 0.0463. The highest BCUT2D eigenvalue weighted by atomic mass is 19.4. The van der Waals surface area contributed by atoms with Crippen LogP contribution in [0.1, 0.15) is 86.8 Å². The van der Waals surface area contributed by atoms with Gasteiger partial charge in [0.05, 0.1) is 24.3 Å². The molecule has 0 saturated carbocycles. The van der Waals surface area contributed by atoms with Crippen LogP contribution in [0.3, 0.4) is 0 Å². The first-order chi connectivity index (χ1) is 19.0. The van der Waals surface area contributed by atoms with Gasteiger partial charge < -0.3 is 9.47 Å². The van der Waals surface area contributed by atoms with Crippen LogP contribution >= 0.6 is 0 Å². The highest BCUT2D eigenvalue weighted by Gasteiger charge is 2.44. The molecule has 2 aromatic rings. The summed E-state index contributed by atoms with van der Waals surface area (Å²) in [6.45, 7) is 7.37. The second-order valence-electron chi connectivity index (χ2n) is 11.2. The average Bonchev–Trinajstić information content (AvgIpc) is 3.15. The summed E-state index contributed by atoms with van der Waals surface area (Å²) in [6.07, 6.45) is -10.2. The Hall–Kier alpha value is -3.24. The van der Waals surface area contributed by atoms with Gasteiger partial charge >= 0.3 is 18.4 Å². The first-order valence-electron chi connectivity index (χ1n) is 13.4. The van der Waals surface area contributed by atoms with Gasteiger partial charge in [0.25, 0.3) is 0 Å². The summed E-state index contributed by atoms with van der Waals surface area (Å²) in [7, 11) is 1.44. The lowest BCUT2D eigenvalue weighted by molar-refractivity contribution is -0.143. The smallest absolute Gasteiger partial charge is 0.416 e. The number of hydrogen-bond donors (Lipinski definition) is 0. The Balaban J connectivity index is 1.74. The van der Waals surface area contributed by atoms with Crippen molar-refractivity contribution in [1.29, 1.82) is 0 Å². The monoisotopic (exact) mass is 587 g/mol. The van der Waals surface area contributed by atoms with E-state index in [-0.39, 0.29) is 30.0 Å². The number of carbonyl (C=O) groups excluding carboxylic acids is 1. The molecule has 4 rings (SSSR count). The predicted molar refractivity (Wildman–Crippen MR) is 139 cm³/mol. The molecule has 1 aliphatic carbocycles. The molecule has 1 aliphatic heterocycles. The highest BCUT2D eigenvalue weighted by molar-refractivity contribution is 5.77. The largest absolute Gasteiger partial charge is 0.496 e. The Labute approximate surface area is 234 Å². The number of allylic oxidation sites excluding steroid dienone is 1. The molecular formula is C30H32F7NO3. The molecule has 11 heteroatoms. The molecule has 0 aromatic heterocycles. The molecule has 224 valence electrons. The van der Waals surface area contributed by atoms with E-state index in [1.807, 2.05) is 20.8 Å². The van der Waals surface area contributed by atoms with Crippen LogP contribution in [0.4, 0.5) is 35.5 Å². The zero-order valence-electron chi connectivity index (χ0n) is 23.3. The lowest BCUT2D eigenvalue weighted by Gasteiger charge is -2.30. The first kappa shape index (κ1) is 30.7. The summed E-state index contributed by atoms with van der Waals surface area (Å²) in [4.78, 5) is 14.3. The van der Waals surface area contributed by atoms with Crippen molar-refractivity contribution in [3.63, 3.8) is 0 Å². The number of nitrogens with zero attached hydrogens (tertiary/aromatic N) is 1. The Morgan fingerprint density at radius 3 is 2.15 bits per heavy atom. The van der Waals surface area contributed by atoms with Crippen LogP contribution < -0.4 is 4.74 Å². The molecule has 4 nitrogen and oxygen atoms in total. The fourth-order valence-corrected chi connectivity index (χ4v) is 5.63. The lowest BCUT2D eigenvalue weighted by atomic mass is 9.80. The Morgan fingerprint density at radius 2 is 1.61 bits per heavy atom. The summed E-state index contributed by atoms with van der Waals surface area (Å²) < 4.78 is 106. The molecule has 2 aliphatic rings. The summed E-state index contributed by atoms with van der Waals surface area (Å²) >= 11 is 0. The van der Waals surface area contributed by atoms with Crippen molar-refractivity contribution in [2.24, 2.45) is 5.92 Å². The zero-order chi connectivity index (χ0) is 30.4. The molecule has 1 unspecified atom stereocenters. The van der Waals surface area contributed by atoms with Gasteiger partial charge in [-0.1, -0.05) is 20.8 Å². The Bertz CT molecular complexity index is 1310. The molecule has 0 N–H and O–H groups in total. The number of amides is 1. The van der Waals surface area contributed by atoms with Gasteiger partial charge in [-0.15, -0.1) is 0 Å². The molecular weight excluding hydrogens is 555 g/mol. The van der Waals surface area contributed by atoms with Gasteiger partial charge in [0, 0.05) is 18.2 Å². The minimum atomic E-state index is -5.03. The van der Waals surface area contributed by atoms with E-state index in [1.54, 1.807) is 6.07 Å². The molecule has 0 bridgehead atoms. The maximum Gasteiger partial charge on any atom is 0.416 e. The van der Waals surface area contributed by atoms with Crippen LogP contribution in [0.25, 0.3) is 5.57 Å². The van der Waals surface area contributed by atoms with E-state index in [2.05, 4.69) is 0 Å². The summed E-state index contributed by atoms with van der Waals surface area (Å²) in [5, 5.41) is 0. The van der Waals surface area contributed by atoms with E-state index < -0.39 is 47.5 Å². The molecule has 2 aromatic carbocycles. The van der Waals surface area contributed by atoms with Crippen LogP contribution in [0.5, 0.6) is 5.75 Å². The lowest BCUT2D eigenvalue weighted by Crippen LogP contribution is -2.35. The summed E-state index contributed by atoms with van der Waals surface area (Å²) in [5.74, 6) is 0.0975. The fourth-order valence-electron chi connectivity index (χ4n) is 5.63. The maximum absolute atomic E-state index is 14.7. The van der Waals surface area contributed by atoms with Gasteiger partial charge in [-0.25, -0.2) is 9.18 Å². The topological polar surface area (TPSA) is 38.8 Å². The highest BCUT2D eigenvalue weighted by Crippen LogP contribution is 2.44. The third-order valence-electron chi connectivity index (χ3n) is 7.87. The molecule has 3 atom stereocenters. The SMILES string of the molecule is COc1cc(F)c(C(C)C)cc1C1=C(CN2C(=O)O[C@H](c3cc(C(F)(F)F)cc(C(F)(F)F)c3)[C@@H]2C)CC(C)CC1. The van der Waals surface area contributed by atoms with Gasteiger partial charge in [-0.2, -0.15) is 26.3 Å². The third-order valence-corrected chi connectivity index (χ3v) is 7.87. The fraction of sp³-hybridized carbons (Fsp3) is 0.500. The van der Waals surface area contributed by atoms with E-state index in [0.717, 1.165) is 17.6 Å². The quantitative estimate of drug-likeness (QED) is 0.317. The van der Waals surface area contributed by atoms with Gasteiger partial charge in [0.15, 0.2) is 0 Å². The van der Waals surface area contributed by atoms with Crippen molar-refractivity contribution in [3.05, 3.63) is 69.5 Å². The standard InChI is InChI=1S/C30H32F7NO3/c1-15(2)23-12-24(26(40-5)13-25(23)31)22-7-6-16(3)8-19(22)14-38-17(4)27(41-28(38)39)18-9-20(29(32,33)34)11-21(10-18)30(35,36)37/h9-13,15-17,27H,6-8,14H2,1-5H3/t16?,17-,27-/m0/s1. The van der Waals surface area contributed by atoms with E-state index in [0.29, 0.717) is 41.9 Å². The number of cyclic esters (lactones) is 1. The molecule has 0 spiro atoms. The van der Waals surface area contributed by atoms with E-state index >= 15 is 0 Å². The average molecular weight is 588 g/mol. The number of halogens is 7. The van der Waals surface area contributed by atoms with E-state index in [4.69, 9.17) is 9.47 Å². The molecule has 1 amide bonds. The molecule has 1 heterocycles. The van der Waals surface area contributed by atoms with Crippen molar-refractivity contribution in [2.45, 2.75) is 77.4 Å². The van der Waals surface area contributed by atoms with Crippen LogP contribution in [-0.2, 0) is 17.1 Å². The number of rotatable bonds is 6. The van der Waals surface area contributed by atoms with Gasteiger partial charge in [0.2, 0.25) is 0 Å². The van der Waals surface area contributed by atoms with Crippen LogP contribution in [-0.4, -0.2) is 30.7 Å². The van der Waals surface area contributed by atoms with Gasteiger partial charge in [-0.3, -0.25) is 4.90 Å². The van der Waals surface area contributed by atoms with E-state index in [1.165, 1.54) is 25.0 Å². The number of hydrogen-bond acceptors (Lipinski definition) is 3. The Morgan fingerprint density at radius 1 is 1.00 bits per heavy atom. The van der Waals surface area contributed by atoms with Crippen molar-refractivity contribution < 1.29 is 45.0 Å². The maximum atomic E-state index is 14.7. The van der Waals surface area contributed by atoms with Crippen molar-refractivity contribution in [1.82, 2.24) is 4.90 Å². The molecule has 0 radical (unpaired) electrons. The molecule has 1 saturated heterocycles. The second-order valence-corrected chi connectivity index (χ2v) is 11.2. The summed E-state index contributed by atoms with van der Waals surface area (Å²) in [6, 6.07) is 3.46. The number of ether oxygens (including phenoxy) is 2. The van der Waals surface area contributed by atoms with Gasteiger partial charge in [-0.05, 0) is 84.6 Å². The summed E-state index contributed by atoms with van der Waals surface area (Å²) in [5.41, 5.74) is -0.395. The normalized spacial score (nSPS) is 22.0. The molecule has 41 heavy (non-hydrogen) atoms. The molecule has 1 fully saturated rings. The van der Waals surface area contributed by atoms with Crippen LogP contribution in [0.15, 0.2) is 35.9 Å². The van der Waals surface area contributed by atoms with Crippen molar-refractivity contribution in [2.75, 3.05) is 13.7 Å². The number of benzene rings is 2. The number of carbonyl (C=O) groups is 1. The number of alkyl halides is 6.